The third-order valence-corrected chi connectivity index (χ3v) is 8.41. The Morgan fingerprint density at radius 1 is 0.897 bits per heavy atom. The van der Waals surface area contributed by atoms with Crippen molar-refractivity contribution in [1.29, 1.82) is 0 Å². The van der Waals surface area contributed by atoms with E-state index in [0.29, 0.717) is 24.3 Å². The predicted octanol–water partition coefficient (Wildman–Crippen LogP) is 7.57. The van der Waals surface area contributed by atoms with Gasteiger partial charge >= 0.3 is 0 Å². The molecular weight excluding hydrogens is 505 g/mol. The molecule has 4 nitrogen and oxygen atoms in total. The van der Waals surface area contributed by atoms with Gasteiger partial charge in [0.1, 0.15) is 16.5 Å². The summed E-state index contributed by atoms with van der Waals surface area (Å²) in [6.45, 7) is 1.80. The maximum atomic E-state index is 14.7. The smallest absolute Gasteiger partial charge is 0.270 e. The van der Waals surface area contributed by atoms with Gasteiger partial charge in [0.05, 0.1) is 6.54 Å². The van der Waals surface area contributed by atoms with Gasteiger partial charge in [-0.25, -0.2) is 9.37 Å². The van der Waals surface area contributed by atoms with Crippen LogP contribution in [0.5, 0.6) is 0 Å². The molecule has 1 aliphatic carbocycles. The standard InChI is InChI=1S/C33H36FN3OS/c34-30-19-11-10-16-27(30)22-37(21-20-29(25-12-4-1-5-13-25)26-14-6-2-7-15-26)23-32-36-31(24-39-32)33(38)35-28-17-8-3-9-18-28/h1-2,4-7,10-16,19,24,28-29H,3,8-9,17-18,20-23H2,(H,35,38). The van der Waals surface area contributed by atoms with E-state index in [9.17, 15) is 9.18 Å². The van der Waals surface area contributed by atoms with Crippen molar-refractivity contribution in [3.63, 3.8) is 0 Å². The van der Waals surface area contributed by atoms with E-state index in [2.05, 4.69) is 58.7 Å². The Labute approximate surface area is 234 Å². The molecule has 0 atom stereocenters. The molecule has 0 unspecified atom stereocenters. The minimum Gasteiger partial charge on any atom is -0.348 e. The molecule has 1 amide bonds. The number of carbonyl (C=O) groups excluding carboxylic acids is 1. The summed E-state index contributed by atoms with van der Waals surface area (Å²) in [6.07, 6.45) is 6.56. The number of benzene rings is 3. The first-order valence-electron chi connectivity index (χ1n) is 14.0. The Kier molecular flexibility index (Phi) is 9.52. The van der Waals surface area contributed by atoms with Gasteiger partial charge in [0, 0.05) is 29.4 Å². The van der Waals surface area contributed by atoms with Gasteiger partial charge in [-0.05, 0) is 43.0 Å². The van der Waals surface area contributed by atoms with Gasteiger partial charge in [-0.2, -0.15) is 0 Å². The second-order valence-corrected chi connectivity index (χ2v) is 11.3. The molecular formula is C33H36FN3OS. The van der Waals surface area contributed by atoms with Crippen LogP contribution in [0.2, 0.25) is 0 Å². The van der Waals surface area contributed by atoms with Crippen molar-refractivity contribution in [3.05, 3.63) is 124 Å². The molecule has 1 N–H and O–H groups in total. The summed E-state index contributed by atoms with van der Waals surface area (Å²) in [5.74, 6) is -0.0567. The van der Waals surface area contributed by atoms with E-state index in [0.717, 1.165) is 30.8 Å². The molecule has 3 aromatic carbocycles. The van der Waals surface area contributed by atoms with Crippen LogP contribution in [-0.4, -0.2) is 28.4 Å². The number of amides is 1. The average molecular weight is 542 g/mol. The van der Waals surface area contributed by atoms with E-state index in [-0.39, 0.29) is 23.7 Å². The molecule has 202 valence electrons. The van der Waals surface area contributed by atoms with Crippen LogP contribution in [0.15, 0.2) is 90.3 Å². The first-order valence-corrected chi connectivity index (χ1v) is 14.8. The molecule has 39 heavy (non-hydrogen) atoms. The lowest BCUT2D eigenvalue weighted by Crippen LogP contribution is -2.36. The van der Waals surface area contributed by atoms with E-state index >= 15 is 0 Å². The van der Waals surface area contributed by atoms with Crippen LogP contribution in [0.3, 0.4) is 0 Å². The van der Waals surface area contributed by atoms with Gasteiger partial charge in [-0.1, -0.05) is 98.1 Å². The molecule has 1 heterocycles. The fourth-order valence-corrected chi connectivity index (χ4v) is 6.29. The van der Waals surface area contributed by atoms with Crippen LogP contribution in [0.4, 0.5) is 4.39 Å². The second-order valence-electron chi connectivity index (χ2n) is 10.4. The Morgan fingerprint density at radius 3 is 2.21 bits per heavy atom. The summed E-state index contributed by atoms with van der Waals surface area (Å²) < 4.78 is 14.7. The molecule has 0 radical (unpaired) electrons. The number of halogens is 1. The van der Waals surface area contributed by atoms with Gasteiger partial charge < -0.3 is 5.32 Å². The molecule has 0 spiro atoms. The van der Waals surface area contributed by atoms with Gasteiger partial charge in [-0.3, -0.25) is 9.69 Å². The third kappa shape index (κ3) is 7.61. The van der Waals surface area contributed by atoms with Crippen molar-refractivity contribution < 1.29 is 9.18 Å². The quantitative estimate of drug-likeness (QED) is 0.213. The summed E-state index contributed by atoms with van der Waals surface area (Å²) in [5.41, 5.74) is 3.69. The number of hydrogen-bond donors (Lipinski definition) is 1. The zero-order valence-corrected chi connectivity index (χ0v) is 23.1. The van der Waals surface area contributed by atoms with Crippen LogP contribution in [0, 0.1) is 5.82 Å². The maximum Gasteiger partial charge on any atom is 0.270 e. The summed E-state index contributed by atoms with van der Waals surface area (Å²) >= 11 is 1.50. The van der Waals surface area contributed by atoms with Gasteiger partial charge in [0.2, 0.25) is 0 Å². The van der Waals surface area contributed by atoms with E-state index in [1.54, 1.807) is 6.07 Å². The monoisotopic (exact) mass is 541 g/mol. The van der Waals surface area contributed by atoms with Crippen molar-refractivity contribution in [2.24, 2.45) is 0 Å². The van der Waals surface area contributed by atoms with E-state index < -0.39 is 0 Å². The van der Waals surface area contributed by atoms with Gasteiger partial charge in [-0.15, -0.1) is 11.3 Å². The first kappa shape index (κ1) is 27.2. The molecule has 0 bridgehead atoms. The van der Waals surface area contributed by atoms with E-state index in [4.69, 9.17) is 4.98 Å². The van der Waals surface area contributed by atoms with E-state index in [1.165, 1.54) is 47.8 Å². The highest BCUT2D eigenvalue weighted by atomic mass is 32.1. The molecule has 1 aromatic heterocycles. The van der Waals surface area contributed by atoms with Crippen LogP contribution in [-0.2, 0) is 13.1 Å². The molecule has 0 saturated heterocycles. The number of thiazole rings is 1. The topological polar surface area (TPSA) is 45.2 Å². The summed E-state index contributed by atoms with van der Waals surface area (Å²) in [7, 11) is 0. The maximum absolute atomic E-state index is 14.7. The minimum atomic E-state index is -0.197. The van der Waals surface area contributed by atoms with Crippen molar-refractivity contribution >= 4 is 17.2 Å². The lowest BCUT2D eigenvalue weighted by Gasteiger charge is -2.25. The number of nitrogens with one attached hydrogen (secondary N) is 1. The first-order chi connectivity index (χ1) is 19.2. The minimum absolute atomic E-state index is 0.0849. The van der Waals surface area contributed by atoms with Crippen molar-refractivity contribution in [3.8, 4) is 0 Å². The number of hydrogen-bond acceptors (Lipinski definition) is 4. The predicted molar refractivity (Wildman–Crippen MR) is 156 cm³/mol. The number of rotatable bonds is 11. The van der Waals surface area contributed by atoms with Gasteiger partial charge in [0.25, 0.3) is 5.91 Å². The number of nitrogens with zero attached hydrogens (tertiary/aromatic N) is 2. The molecule has 0 aliphatic heterocycles. The van der Waals surface area contributed by atoms with Crippen molar-refractivity contribution in [2.45, 2.75) is 63.6 Å². The second kappa shape index (κ2) is 13.6. The fraction of sp³-hybridized carbons (Fsp3) is 0.333. The molecule has 1 aliphatic rings. The molecule has 4 aromatic rings. The summed E-state index contributed by atoms with van der Waals surface area (Å²) in [6, 6.07) is 28.3. The average Bonchev–Trinajstić information content (AvgIpc) is 3.45. The molecule has 1 fully saturated rings. The zero-order valence-electron chi connectivity index (χ0n) is 22.3. The lowest BCUT2D eigenvalue weighted by molar-refractivity contribution is 0.0923. The number of carbonyl (C=O) groups is 1. The zero-order chi connectivity index (χ0) is 26.9. The van der Waals surface area contributed by atoms with Gasteiger partial charge in [0.15, 0.2) is 0 Å². The highest BCUT2D eigenvalue weighted by molar-refractivity contribution is 7.09. The van der Waals surface area contributed by atoms with Crippen LogP contribution in [0.1, 0.15) is 76.6 Å². The Bertz CT molecular complexity index is 1280. The van der Waals surface area contributed by atoms with Crippen LogP contribution < -0.4 is 5.32 Å². The highest BCUT2D eigenvalue weighted by Gasteiger charge is 2.21. The Balaban J connectivity index is 1.32. The molecule has 6 heteroatoms. The SMILES string of the molecule is O=C(NC1CCCCC1)c1csc(CN(CCC(c2ccccc2)c2ccccc2)Cc2ccccc2F)n1. The van der Waals surface area contributed by atoms with Crippen LogP contribution in [0.25, 0.3) is 0 Å². The van der Waals surface area contributed by atoms with Crippen molar-refractivity contribution in [2.75, 3.05) is 6.54 Å². The summed E-state index contributed by atoms with van der Waals surface area (Å²) in [4.78, 5) is 19.8. The van der Waals surface area contributed by atoms with E-state index in [1.807, 2.05) is 29.6 Å². The van der Waals surface area contributed by atoms with Crippen molar-refractivity contribution in [1.82, 2.24) is 15.2 Å². The molecule has 5 rings (SSSR count). The Hall–Kier alpha value is -3.35. The number of aromatic nitrogens is 1. The highest BCUT2D eigenvalue weighted by Crippen LogP contribution is 2.29. The third-order valence-electron chi connectivity index (χ3n) is 7.57. The largest absolute Gasteiger partial charge is 0.348 e. The fourth-order valence-electron chi connectivity index (χ4n) is 5.48. The molecule has 1 saturated carbocycles. The summed E-state index contributed by atoms with van der Waals surface area (Å²) in [5, 5.41) is 5.89. The van der Waals surface area contributed by atoms with Crippen LogP contribution >= 0.6 is 11.3 Å². The Morgan fingerprint density at radius 2 is 1.54 bits per heavy atom. The lowest BCUT2D eigenvalue weighted by atomic mass is 9.88. The normalized spacial score (nSPS) is 14.1.